The first-order chi connectivity index (χ1) is 13.4. The molecular formula is C24H34N2O2. The van der Waals surface area contributed by atoms with Gasteiger partial charge in [0, 0.05) is 37.3 Å². The molecule has 152 valence electrons. The van der Waals surface area contributed by atoms with E-state index in [1.54, 1.807) is 0 Å². The minimum absolute atomic E-state index is 0.285. The van der Waals surface area contributed by atoms with Gasteiger partial charge in [0.1, 0.15) is 0 Å². The summed E-state index contributed by atoms with van der Waals surface area (Å²) in [6.07, 6.45) is -0.987. The SMILES string of the molecule is CC1C(C)N(CC(O)c2ccccc2)C(C)C(C)N1CC(O)c1ccccc1. The van der Waals surface area contributed by atoms with Gasteiger partial charge in [-0.05, 0) is 38.8 Å². The van der Waals surface area contributed by atoms with E-state index in [9.17, 15) is 10.2 Å². The minimum Gasteiger partial charge on any atom is -0.387 e. The Kier molecular flexibility index (Phi) is 6.89. The van der Waals surface area contributed by atoms with Crippen LogP contribution in [-0.2, 0) is 0 Å². The average molecular weight is 383 g/mol. The van der Waals surface area contributed by atoms with Crippen LogP contribution < -0.4 is 0 Å². The molecule has 6 atom stereocenters. The van der Waals surface area contributed by atoms with Gasteiger partial charge in [-0.2, -0.15) is 0 Å². The molecule has 4 heteroatoms. The fraction of sp³-hybridized carbons (Fsp3) is 0.500. The maximum Gasteiger partial charge on any atom is 0.0917 e. The van der Waals surface area contributed by atoms with E-state index >= 15 is 0 Å². The number of hydrogen-bond donors (Lipinski definition) is 2. The van der Waals surface area contributed by atoms with Crippen LogP contribution in [0.3, 0.4) is 0 Å². The second kappa shape index (κ2) is 9.19. The summed E-state index contributed by atoms with van der Waals surface area (Å²) in [7, 11) is 0. The molecule has 2 N–H and O–H groups in total. The highest BCUT2D eigenvalue weighted by Gasteiger charge is 2.41. The Balaban J connectivity index is 1.70. The number of hydrogen-bond acceptors (Lipinski definition) is 4. The highest BCUT2D eigenvalue weighted by molar-refractivity contribution is 5.19. The molecule has 0 radical (unpaired) electrons. The summed E-state index contributed by atoms with van der Waals surface area (Å²) in [5.41, 5.74) is 1.92. The van der Waals surface area contributed by atoms with Gasteiger partial charge in [0.15, 0.2) is 0 Å². The molecule has 2 aromatic rings. The molecule has 0 aliphatic carbocycles. The van der Waals surface area contributed by atoms with Gasteiger partial charge < -0.3 is 10.2 Å². The Hall–Kier alpha value is -1.72. The topological polar surface area (TPSA) is 46.9 Å². The summed E-state index contributed by atoms with van der Waals surface area (Å²) in [5.74, 6) is 0. The summed E-state index contributed by atoms with van der Waals surface area (Å²) >= 11 is 0. The van der Waals surface area contributed by atoms with Crippen molar-refractivity contribution in [3.8, 4) is 0 Å². The van der Waals surface area contributed by atoms with E-state index < -0.39 is 12.2 Å². The lowest BCUT2D eigenvalue weighted by Gasteiger charge is -2.53. The molecule has 1 heterocycles. The van der Waals surface area contributed by atoms with Gasteiger partial charge >= 0.3 is 0 Å². The molecule has 0 bridgehead atoms. The van der Waals surface area contributed by atoms with Gasteiger partial charge in [-0.15, -0.1) is 0 Å². The lowest BCUT2D eigenvalue weighted by atomic mass is 9.92. The number of aliphatic hydroxyl groups excluding tert-OH is 2. The number of piperazine rings is 1. The quantitative estimate of drug-likeness (QED) is 0.801. The first-order valence-corrected chi connectivity index (χ1v) is 10.4. The van der Waals surface area contributed by atoms with E-state index in [0.717, 1.165) is 11.1 Å². The van der Waals surface area contributed by atoms with Crippen LogP contribution in [0.5, 0.6) is 0 Å². The van der Waals surface area contributed by atoms with Gasteiger partial charge in [0.2, 0.25) is 0 Å². The predicted octanol–water partition coefficient (Wildman–Crippen LogP) is 3.63. The van der Waals surface area contributed by atoms with Crippen molar-refractivity contribution in [1.82, 2.24) is 9.80 Å². The van der Waals surface area contributed by atoms with Crippen LogP contribution in [0, 0.1) is 0 Å². The zero-order valence-electron chi connectivity index (χ0n) is 17.4. The van der Waals surface area contributed by atoms with Gasteiger partial charge in [-0.1, -0.05) is 60.7 Å². The standard InChI is InChI=1S/C24H34N2O2/c1-17-18(2)26(16-24(28)22-13-9-6-10-14-22)20(4)19(3)25(17)15-23(27)21-11-7-5-8-12-21/h5-14,17-20,23-24,27-28H,15-16H2,1-4H3. The van der Waals surface area contributed by atoms with Gasteiger partial charge in [-0.25, -0.2) is 0 Å². The van der Waals surface area contributed by atoms with Gasteiger partial charge in [0.05, 0.1) is 12.2 Å². The van der Waals surface area contributed by atoms with E-state index in [1.165, 1.54) is 0 Å². The highest BCUT2D eigenvalue weighted by Crippen LogP contribution is 2.30. The third-order valence-corrected chi connectivity index (χ3v) is 6.62. The lowest BCUT2D eigenvalue weighted by molar-refractivity contribution is -0.0711. The molecule has 0 amide bonds. The number of benzene rings is 2. The fourth-order valence-electron chi connectivity index (χ4n) is 4.48. The fourth-order valence-corrected chi connectivity index (χ4v) is 4.48. The molecule has 1 aliphatic heterocycles. The van der Waals surface area contributed by atoms with Crippen molar-refractivity contribution in [2.45, 2.75) is 64.1 Å². The number of aliphatic hydroxyl groups is 2. The zero-order valence-corrected chi connectivity index (χ0v) is 17.4. The Bertz CT molecular complexity index is 644. The molecule has 28 heavy (non-hydrogen) atoms. The average Bonchev–Trinajstić information content (AvgIpc) is 2.73. The van der Waals surface area contributed by atoms with Crippen LogP contribution in [0.4, 0.5) is 0 Å². The van der Waals surface area contributed by atoms with Crippen LogP contribution in [0.15, 0.2) is 60.7 Å². The predicted molar refractivity (Wildman–Crippen MR) is 114 cm³/mol. The van der Waals surface area contributed by atoms with Crippen LogP contribution in [0.2, 0.25) is 0 Å². The van der Waals surface area contributed by atoms with E-state index in [-0.39, 0.29) is 24.2 Å². The molecule has 0 saturated carbocycles. The third-order valence-electron chi connectivity index (χ3n) is 6.62. The van der Waals surface area contributed by atoms with E-state index in [0.29, 0.717) is 13.1 Å². The van der Waals surface area contributed by atoms with Crippen LogP contribution >= 0.6 is 0 Å². The maximum atomic E-state index is 10.7. The summed E-state index contributed by atoms with van der Waals surface area (Å²) < 4.78 is 0. The van der Waals surface area contributed by atoms with Crippen molar-refractivity contribution in [3.05, 3.63) is 71.8 Å². The number of rotatable bonds is 6. The van der Waals surface area contributed by atoms with Crippen molar-refractivity contribution in [3.63, 3.8) is 0 Å². The smallest absolute Gasteiger partial charge is 0.0917 e. The van der Waals surface area contributed by atoms with Crippen LogP contribution in [0.1, 0.15) is 51.0 Å². The summed E-state index contributed by atoms with van der Waals surface area (Å²) in [5, 5.41) is 21.5. The van der Waals surface area contributed by atoms with E-state index in [4.69, 9.17) is 0 Å². The molecule has 1 fully saturated rings. The molecule has 1 saturated heterocycles. The number of nitrogens with zero attached hydrogens (tertiary/aromatic N) is 2. The molecule has 2 aromatic carbocycles. The Morgan fingerprint density at radius 3 is 1.18 bits per heavy atom. The van der Waals surface area contributed by atoms with Crippen molar-refractivity contribution >= 4 is 0 Å². The van der Waals surface area contributed by atoms with Crippen molar-refractivity contribution in [1.29, 1.82) is 0 Å². The maximum absolute atomic E-state index is 10.7. The van der Waals surface area contributed by atoms with Gasteiger partial charge in [-0.3, -0.25) is 9.80 Å². The van der Waals surface area contributed by atoms with Crippen LogP contribution in [-0.4, -0.2) is 57.3 Å². The van der Waals surface area contributed by atoms with Gasteiger partial charge in [0.25, 0.3) is 0 Å². The van der Waals surface area contributed by atoms with Crippen molar-refractivity contribution in [2.75, 3.05) is 13.1 Å². The summed E-state index contributed by atoms with van der Waals surface area (Å²) in [4.78, 5) is 4.83. The molecule has 4 nitrogen and oxygen atoms in total. The minimum atomic E-state index is -0.494. The zero-order chi connectivity index (χ0) is 20.3. The second-order valence-electron chi connectivity index (χ2n) is 8.21. The molecular weight excluding hydrogens is 348 g/mol. The molecule has 0 spiro atoms. The molecule has 1 aliphatic rings. The Labute approximate surface area is 169 Å². The molecule has 0 aromatic heterocycles. The lowest BCUT2D eigenvalue weighted by Crippen LogP contribution is -2.66. The Morgan fingerprint density at radius 2 is 0.893 bits per heavy atom. The number of β-amino-alcohol motifs (C(OH)–C–C–N with tert-alkyl or cyclic N) is 2. The second-order valence-corrected chi connectivity index (χ2v) is 8.21. The first kappa shape index (κ1) is 21.0. The summed E-state index contributed by atoms with van der Waals surface area (Å²) in [6.45, 7) is 10.2. The summed E-state index contributed by atoms with van der Waals surface area (Å²) in [6, 6.07) is 20.9. The monoisotopic (exact) mass is 382 g/mol. The molecule has 3 rings (SSSR count). The highest BCUT2D eigenvalue weighted by atomic mass is 16.3. The Morgan fingerprint density at radius 1 is 0.607 bits per heavy atom. The molecule has 6 unspecified atom stereocenters. The van der Waals surface area contributed by atoms with Crippen molar-refractivity contribution < 1.29 is 10.2 Å². The van der Waals surface area contributed by atoms with Crippen LogP contribution in [0.25, 0.3) is 0 Å². The largest absolute Gasteiger partial charge is 0.387 e. The van der Waals surface area contributed by atoms with Crippen molar-refractivity contribution in [2.24, 2.45) is 0 Å². The van der Waals surface area contributed by atoms with E-state index in [2.05, 4.69) is 37.5 Å². The third kappa shape index (κ3) is 4.47. The first-order valence-electron chi connectivity index (χ1n) is 10.4. The van der Waals surface area contributed by atoms with E-state index in [1.807, 2.05) is 60.7 Å². The normalized spacial score (nSPS) is 28.8.